The van der Waals surface area contributed by atoms with E-state index in [1.807, 2.05) is 25.5 Å². The maximum absolute atomic E-state index is 8.57. The SMILES string of the molecule is Cn1cc(CCNc2cnc(C#N)cn2)cn1. The first-order valence-electron chi connectivity index (χ1n) is 5.21. The second-order valence-electron chi connectivity index (χ2n) is 3.60. The van der Waals surface area contributed by atoms with Gasteiger partial charge in [-0.1, -0.05) is 0 Å². The first-order valence-corrected chi connectivity index (χ1v) is 5.21. The average molecular weight is 228 g/mol. The average Bonchev–Trinajstić information content (AvgIpc) is 2.76. The molecular formula is C11H12N6. The molecule has 0 fully saturated rings. The molecule has 0 aromatic carbocycles. The Labute approximate surface area is 98.9 Å². The summed E-state index contributed by atoms with van der Waals surface area (Å²) >= 11 is 0. The van der Waals surface area contributed by atoms with Gasteiger partial charge in [0.25, 0.3) is 0 Å². The van der Waals surface area contributed by atoms with Crippen molar-refractivity contribution in [1.82, 2.24) is 19.7 Å². The molecule has 0 aliphatic heterocycles. The van der Waals surface area contributed by atoms with Gasteiger partial charge >= 0.3 is 0 Å². The van der Waals surface area contributed by atoms with E-state index in [1.165, 1.54) is 11.8 Å². The molecule has 86 valence electrons. The molecule has 0 spiro atoms. The topological polar surface area (TPSA) is 79.4 Å². The zero-order valence-corrected chi connectivity index (χ0v) is 9.46. The van der Waals surface area contributed by atoms with Crippen molar-refractivity contribution in [2.45, 2.75) is 6.42 Å². The van der Waals surface area contributed by atoms with Crippen LogP contribution in [0, 0.1) is 11.3 Å². The summed E-state index contributed by atoms with van der Waals surface area (Å²) in [5.41, 5.74) is 1.49. The zero-order valence-electron chi connectivity index (χ0n) is 9.46. The molecule has 6 heteroatoms. The number of aryl methyl sites for hydroxylation is 1. The summed E-state index contributed by atoms with van der Waals surface area (Å²) in [6, 6.07) is 1.93. The van der Waals surface area contributed by atoms with Crippen LogP contribution in [0.2, 0.25) is 0 Å². The number of nitriles is 1. The van der Waals surface area contributed by atoms with E-state index in [1.54, 1.807) is 10.9 Å². The van der Waals surface area contributed by atoms with Crippen LogP contribution in [-0.4, -0.2) is 26.3 Å². The van der Waals surface area contributed by atoms with E-state index >= 15 is 0 Å². The van der Waals surface area contributed by atoms with Crippen molar-refractivity contribution in [3.05, 3.63) is 36.0 Å². The van der Waals surface area contributed by atoms with Crippen molar-refractivity contribution in [3.8, 4) is 6.07 Å². The van der Waals surface area contributed by atoms with Gasteiger partial charge in [0, 0.05) is 19.8 Å². The molecule has 0 unspecified atom stereocenters. The number of hydrogen-bond donors (Lipinski definition) is 1. The van der Waals surface area contributed by atoms with E-state index in [-0.39, 0.29) is 0 Å². The predicted molar refractivity (Wildman–Crippen MR) is 62.1 cm³/mol. The minimum Gasteiger partial charge on any atom is -0.368 e. The number of nitrogens with zero attached hydrogens (tertiary/aromatic N) is 5. The van der Waals surface area contributed by atoms with Crippen molar-refractivity contribution >= 4 is 5.82 Å². The molecule has 1 N–H and O–H groups in total. The molecule has 0 saturated carbocycles. The molecule has 0 atom stereocenters. The van der Waals surface area contributed by atoms with Gasteiger partial charge in [0.2, 0.25) is 0 Å². The van der Waals surface area contributed by atoms with Crippen molar-refractivity contribution in [2.75, 3.05) is 11.9 Å². The largest absolute Gasteiger partial charge is 0.368 e. The molecule has 0 amide bonds. The van der Waals surface area contributed by atoms with Crippen LogP contribution in [0.25, 0.3) is 0 Å². The van der Waals surface area contributed by atoms with Crippen LogP contribution >= 0.6 is 0 Å². The quantitative estimate of drug-likeness (QED) is 0.834. The first kappa shape index (κ1) is 11.1. The number of aromatic nitrogens is 4. The van der Waals surface area contributed by atoms with Crippen molar-refractivity contribution < 1.29 is 0 Å². The minimum atomic E-state index is 0.322. The number of hydrogen-bond acceptors (Lipinski definition) is 5. The molecule has 0 saturated heterocycles. The van der Waals surface area contributed by atoms with Crippen molar-refractivity contribution in [3.63, 3.8) is 0 Å². The third kappa shape index (κ3) is 3.01. The fraction of sp³-hybridized carbons (Fsp3) is 0.273. The van der Waals surface area contributed by atoms with E-state index < -0.39 is 0 Å². The molecule has 2 aromatic rings. The fourth-order valence-electron chi connectivity index (χ4n) is 1.41. The van der Waals surface area contributed by atoms with Gasteiger partial charge in [0.1, 0.15) is 11.9 Å². The van der Waals surface area contributed by atoms with E-state index in [4.69, 9.17) is 5.26 Å². The number of anilines is 1. The van der Waals surface area contributed by atoms with E-state index in [2.05, 4.69) is 20.4 Å². The molecule has 0 aliphatic rings. The third-order valence-corrected chi connectivity index (χ3v) is 2.24. The highest BCUT2D eigenvalue weighted by Crippen LogP contribution is 2.02. The lowest BCUT2D eigenvalue weighted by atomic mass is 10.2. The summed E-state index contributed by atoms with van der Waals surface area (Å²) in [5, 5.41) is 15.8. The Morgan fingerprint density at radius 2 is 2.24 bits per heavy atom. The summed E-state index contributed by atoms with van der Waals surface area (Å²) in [6.07, 6.45) is 7.70. The Kier molecular flexibility index (Phi) is 3.31. The van der Waals surface area contributed by atoms with Crippen molar-refractivity contribution in [2.24, 2.45) is 7.05 Å². The second-order valence-corrected chi connectivity index (χ2v) is 3.60. The first-order chi connectivity index (χ1) is 8.28. The third-order valence-electron chi connectivity index (χ3n) is 2.24. The standard InChI is InChI=1S/C11H12N6/c1-17-8-9(5-16-17)2-3-13-11-7-14-10(4-12)6-15-11/h5-8H,2-3H2,1H3,(H,13,15). The van der Waals surface area contributed by atoms with Crippen molar-refractivity contribution in [1.29, 1.82) is 5.26 Å². The Morgan fingerprint density at radius 3 is 2.82 bits per heavy atom. The van der Waals surface area contributed by atoms with Crippen LogP contribution in [0.15, 0.2) is 24.8 Å². The van der Waals surface area contributed by atoms with Gasteiger partial charge in [-0.05, 0) is 12.0 Å². The molecule has 0 aliphatic carbocycles. The molecular weight excluding hydrogens is 216 g/mol. The van der Waals surface area contributed by atoms with Gasteiger partial charge in [-0.15, -0.1) is 0 Å². The highest BCUT2D eigenvalue weighted by molar-refractivity contribution is 5.33. The summed E-state index contributed by atoms with van der Waals surface area (Å²) in [6.45, 7) is 0.756. The Balaban J connectivity index is 1.84. The Morgan fingerprint density at radius 1 is 1.35 bits per heavy atom. The number of nitrogens with one attached hydrogen (secondary N) is 1. The molecule has 0 bridgehead atoms. The van der Waals surface area contributed by atoms with E-state index in [9.17, 15) is 0 Å². The highest BCUT2D eigenvalue weighted by atomic mass is 15.2. The van der Waals surface area contributed by atoms with Crippen LogP contribution in [0.1, 0.15) is 11.3 Å². The van der Waals surface area contributed by atoms with Gasteiger partial charge in [0.15, 0.2) is 5.69 Å². The van der Waals surface area contributed by atoms with Crippen LogP contribution < -0.4 is 5.32 Å². The lowest BCUT2D eigenvalue weighted by Crippen LogP contribution is -2.06. The lowest BCUT2D eigenvalue weighted by molar-refractivity contribution is 0.767. The molecule has 2 aromatic heterocycles. The Bertz CT molecular complexity index is 522. The summed E-state index contributed by atoms with van der Waals surface area (Å²) < 4.78 is 1.77. The molecule has 2 heterocycles. The van der Waals surface area contributed by atoms with Gasteiger partial charge in [0.05, 0.1) is 18.6 Å². The molecule has 6 nitrogen and oxygen atoms in total. The van der Waals surface area contributed by atoms with E-state index in [0.717, 1.165) is 13.0 Å². The molecule has 0 radical (unpaired) electrons. The van der Waals surface area contributed by atoms with E-state index in [0.29, 0.717) is 11.5 Å². The lowest BCUT2D eigenvalue weighted by Gasteiger charge is -2.03. The maximum Gasteiger partial charge on any atom is 0.158 e. The summed E-state index contributed by atoms with van der Waals surface area (Å²) in [7, 11) is 1.89. The van der Waals surface area contributed by atoms with Gasteiger partial charge in [-0.3, -0.25) is 4.68 Å². The normalized spacial score (nSPS) is 9.88. The minimum absolute atomic E-state index is 0.322. The van der Waals surface area contributed by atoms with Gasteiger partial charge in [-0.25, -0.2) is 9.97 Å². The second kappa shape index (κ2) is 5.07. The van der Waals surface area contributed by atoms with Crippen LogP contribution in [0.3, 0.4) is 0 Å². The van der Waals surface area contributed by atoms with Crippen LogP contribution in [0.4, 0.5) is 5.82 Å². The maximum atomic E-state index is 8.57. The van der Waals surface area contributed by atoms with Gasteiger partial charge < -0.3 is 5.32 Å². The van der Waals surface area contributed by atoms with Crippen LogP contribution in [0.5, 0.6) is 0 Å². The van der Waals surface area contributed by atoms with Gasteiger partial charge in [-0.2, -0.15) is 10.4 Å². The monoisotopic (exact) mass is 228 g/mol. The summed E-state index contributed by atoms with van der Waals surface area (Å²) in [4.78, 5) is 7.99. The number of rotatable bonds is 4. The zero-order chi connectivity index (χ0) is 12.1. The van der Waals surface area contributed by atoms with Crippen LogP contribution in [-0.2, 0) is 13.5 Å². The molecule has 2 rings (SSSR count). The summed E-state index contributed by atoms with van der Waals surface area (Å²) in [5.74, 6) is 0.674. The highest BCUT2D eigenvalue weighted by Gasteiger charge is 1.98. The fourth-order valence-corrected chi connectivity index (χ4v) is 1.41. The smallest absolute Gasteiger partial charge is 0.158 e. The molecule has 17 heavy (non-hydrogen) atoms. The predicted octanol–water partition coefficient (Wildman–Crippen LogP) is 0.736. The Hall–Kier alpha value is -2.42.